The van der Waals surface area contributed by atoms with E-state index in [-0.39, 0.29) is 0 Å². The van der Waals surface area contributed by atoms with Crippen molar-refractivity contribution in [2.45, 2.75) is 19.3 Å². The minimum atomic E-state index is 0.738. The summed E-state index contributed by atoms with van der Waals surface area (Å²) in [6.45, 7) is 0. The van der Waals surface area contributed by atoms with Crippen molar-refractivity contribution in [2.24, 2.45) is 0 Å². The van der Waals surface area contributed by atoms with Gasteiger partial charge in [0.05, 0.1) is 12.7 Å². The molecule has 1 N–H and O–H groups in total. The zero-order valence-electron chi connectivity index (χ0n) is 11.2. The highest BCUT2D eigenvalue weighted by Gasteiger charge is 2.20. The third kappa shape index (κ3) is 2.03. The minimum Gasteiger partial charge on any atom is -0.496 e. The van der Waals surface area contributed by atoms with Crippen LogP contribution in [0.15, 0.2) is 24.3 Å². The smallest absolute Gasteiger partial charge is 0.165 e. The van der Waals surface area contributed by atoms with Crippen LogP contribution in [0.25, 0.3) is 11.4 Å². The number of ether oxygens (including phenoxy) is 1. The summed E-state index contributed by atoms with van der Waals surface area (Å²) in [5.41, 5.74) is 3.37. The van der Waals surface area contributed by atoms with Gasteiger partial charge in [-0.3, -0.25) is 0 Å². The van der Waals surface area contributed by atoms with E-state index in [1.165, 1.54) is 11.3 Å². The zero-order valence-corrected chi connectivity index (χ0v) is 11.2. The van der Waals surface area contributed by atoms with Gasteiger partial charge in [-0.2, -0.15) is 0 Å². The van der Waals surface area contributed by atoms with Gasteiger partial charge in [0.25, 0.3) is 0 Å². The average Bonchev–Trinajstić information content (AvgIpc) is 2.94. The van der Waals surface area contributed by atoms with Gasteiger partial charge in [-0.15, -0.1) is 0 Å². The van der Waals surface area contributed by atoms with Crippen LogP contribution in [0.4, 0.5) is 5.82 Å². The summed E-state index contributed by atoms with van der Waals surface area (Å²) in [5.74, 6) is 2.49. The van der Waals surface area contributed by atoms with Crippen LogP contribution >= 0.6 is 0 Å². The molecule has 0 atom stereocenters. The second-order valence-electron chi connectivity index (χ2n) is 4.62. The van der Waals surface area contributed by atoms with E-state index in [1.54, 1.807) is 7.11 Å². The van der Waals surface area contributed by atoms with Crippen molar-refractivity contribution in [1.29, 1.82) is 0 Å². The van der Waals surface area contributed by atoms with E-state index >= 15 is 0 Å². The predicted octanol–water partition coefficient (Wildman–Crippen LogP) is 2.68. The summed E-state index contributed by atoms with van der Waals surface area (Å²) in [7, 11) is 3.58. The molecule has 0 fully saturated rings. The first-order valence-electron chi connectivity index (χ1n) is 6.54. The SMILES string of the molecule is CNc1nc(-c2ccccc2OC)nc2c1CCC2. The fraction of sp³-hybridized carbons (Fsp3) is 0.333. The lowest BCUT2D eigenvalue weighted by molar-refractivity contribution is 0.416. The van der Waals surface area contributed by atoms with Crippen LogP contribution in [-0.2, 0) is 12.8 Å². The maximum absolute atomic E-state index is 5.39. The molecule has 98 valence electrons. The van der Waals surface area contributed by atoms with Gasteiger partial charge < -0.3 is 10.1 Å². The van der Waals surface area contributed by atoms with Gasteiger partial charge in [-0.05, 0) is 31.4 Å². The first-order chi connectivity index (χ1) is 9.33. The Morgan fingerprint density at radius 1 is 1.16 bits per heavy atom. The molecule has 0 saturated carbocycles. The number of hydrogen-bond acceptors (Lipinski definition) is 4. The average molecular weight is 255 g/mol. The maximum Gasteiger partial charge on any atom is 0.165 e. The minimum absolute atomic E-state index is 0.738. The Labute approximate surface area is 112 Å². The number of aryl methyl sites for hydroxylation is 1. The third-order valence-corrected chi connectivity index (χ3v) is 3.52. The fourth-order valence-corrected chi connectivity index (χ4v) is 2.59. The topological polar surface area (TPSA) is 47.0 Å². The van der Waals surface area contributed by atoms with E-state index in [0.29, 0.717) is 0 Å². The lowest BCUT2D eigenvalue weighted by Crippen LogP contribution is -2.04. The summed E-state index contributed by atoms with van der Waals surface area (Å²) in [6, 6.07) is 7.86. The molecule has 19 heavy (non-hydrogen) atoms. The lowest BCUT2D eigenvalue weighted by atomic mass is 10.1. The van der Waals surface area contributed by atoms with Crippen LogP contribution in [0.5, 0.6) is 5.75 Å². The summed E-state index contributed by atoms with van der Waals surface area (Å²) in [6.07, 6.45) is 3.26. The molecule has 0 radical (unpaired) electrons. The van der Waals surface area contributed by atoms with Crippen molar-refractivity contribution in [3.8, 4) is 17.1 Å². The Hall–Kier alpha value is -2.10. The normalized spacial score (nSPS) is 13.2. The second kappa shape index (κ2) is 4.88. The number of nitrogens with zero attached hydrogens (tertiary/aromatic N) is 2. The van der Waals surface area contributed by atoms with Gasteiger partial charge in [0.1, 0.15) is 11.6 Å². The summed E-state index contributed by atoms with van der Waals surface area (Å²) in [4.78, 5) is 9.35. The molecule has 2 aromatic rings. The number of aromatic nitrogens is 2. The van der Waals surface area contributed by atoms with E-state index in [2.05, 4.69) is 10.3 Å². The largest absolute Gasteiger partial charge is 0.496 e. The summed E-state index contributed by atoms with van der Waals surface area (Å²) < 4.78 is 5.39. The molecule has 1 heterocycles. The first-order valence-corrected chi connectivity index (χ1v) is 6.54. The number of para-hydroxylation sites is 1. The summed E-state index contributed by atoms with van der Waals surface area (Å²) in [5, 5.41) is 3.18. The number of rotatable bonds is 3. The van der Waals surface area contributed by atoms with E-state index in [0.717, 1.165) is 42.2 Å². The molecule has 0 saturated heterocycles. The van der Waals surface area contributed by atoms with Gasteiger partial charge in [0.15, 0.2) is 5.82 Å². The van der Waals surface area contributed by atoms with Crippen LogP contribution in [0.2, 0.25) is 0 Å². The molecule has 1 aromatic carbocycles. The van der Waals surface area contributed by atoms with Crippen LogP contribution in [0.1, 0.15) is 17.7 Å². The highest BCUT2D eigenvalue weighted by atomic mass is 16.5. The zero-order chi connectivity index (χ0) is 13.2. The Morgan fingerprint density at radius 3 is 2.79 bits per heavy atom. The molecule has 0 spiro atoms. The standard InChI is InChI=1S/C15H17N3O/c1-16-14-10-7-5-8-12(10)17-15(18-14)11-6-3-4-9-13(11)19-2/h3-4,6,9H,5,7-8H2,1-2H3,(H,16,17,18). The van der Waals surface area contributed by atoms with Crippen LogP contribution < -0.4 is 10.1 Å². The molecule has 1 aromatic heterocycles. The molecular weight excluding hydrogens is 238 g/mol. The quantitative estimate of drug-likeness (QED) is 0.916. The molecule has 1 aliphatic rings. The van der Waals surface area contributed by atoms with Gasteiger partial charge in [0.2, 0.25) is 0 Å². The predicted molar refractivity (Wildman–Crippen MR) is 75.6 cm³/mol. The Kier molecular flexibility index (Phi) is 3.07. The highest BCUT2D eigenvalue weighted by Crippen LogP contribution is 2.32. The first kappa shape index (κ1) is 12.0. The van der Waals surface area contributed by atoms with Crippen molar-refractivity contribution in [3.63, 3.8) is 0 Å². The van der Waals surface area contributed by atoms with Crippen LogP contribution in [-0.4, -0.2) is 24.1 Å². The van der Waals surface area contributed by atoms with Crippen LogP contribution in [0.3, 0.4) is 0 Å². The van der Waals surface area contributed by atoms with Crippen molar-refractivity contribution >= 4 is 5.82 Å². The molecule has 0 bridgehead atoms. The Balaban J connectivity index is 2.15. The van der Waals surface area contributed by atoms with Crippen molar-refractivity contribution in [1.82, 2.24) is 9.97 Å². The van der Waals surface area contributed by atoms with Gasteiger partial charge in [-0.1, -0.05) is 12.1 Å². The van der Waals surface area contributed by atoms with Gasteiger partial charge >= 0.3 is 0 Å². The molecule has 1 aliphatic carbocycles. The Bertz CT molecular complexity index is 610. The van der Waals surface area contributed by atoms with Gasteiger partial charge in [0, 0.05) is 18.3 Å². The molecular formula is C15H17N3O. The number of methoxy groups -OCH3 is 1. The maximum atomic E-state index is 5.39. The van der Waals surface area contributed by atoms with Crippen molar-refractivity contribution < 1.29 is 4.74 Å². The number of fused-ring (bicyclic) bond motifs is 1. The fourth-order valence-electron chi connectivity index (χ4n) is 2.59. The molecule has 4 nitrogen and oxygen atoms in total. The number of nitrogens with one attached hydrogen (secondary N) is 1. The monoisotopic (exact) mass is 255 g/mol. The van der Waals surface area contributed by atoms with Crippen molar-refractivity contribution in [3.05, 3.63) is 35.5 Å². The van der Waals surface area contributed by atoms with E-state index in [1.807, 2.05) is 31.3 Å². The third-order valence-electron chi connectivity index (χ3n) is 3.52. The Morgan fingerprint density at radius 2 is 2.00 bits per heavy atom. The number of hydrogen-bond donors (Lipinski definition) is 1. The number of anilines is 1. The summed E-state index contributed by atoms with van der Waals surface area (Å²) >= 11 is 0. The van der Waals surface area contributed by atoms with Gasteiger partial charge in [-0.25, -0.2) is 9.97 Å². The molecule has 3 rings (SSSR count). The highest BCUT2D eigenvalue weighted by molar-refractivity contribution is 5.66. The van der Waals surface area contributed by atoms with E-state index in [4.69, 9.17) is 9.72 Å². The lowest BCUT2D eigenvalue weighted by Gasteiger charge is -2.11. The molecule has 4 heteroatoms. The molecule has 0 unspecified atom stereocenters. The molecule has 0 aliphatic heterocycles. The van der Waals surface area contributed by atoms with Crippen molar-refractivity contribution in [2.75, 3.05) is 19.5 Å². The van der Waals surface area contributed by atoms with E-state index < -0.39 is 0 Å². The van der Waals surface area contributed by atoms with Crippen LogP contribution in [0, 0.1) is 0 Å². The molecule has 0 amide bonds. The number of benzene rings is 1. The van der Waals surface area contributed by atoms with E-state index in [9.17, 15) is 0 Å². The second-order valence-corrected chi connectivity index (χ2v) is 4.62.